The predicted molar refractivity (Wildman–Crippen MR) is 70.7 cm³/mol. The summed E-state index contributed by atoms with van der Waals surface area (Å²) in [7, 11) is -6.30. The molecule has 0 aliphatic carbocycles. The highest BCUT2D eigenvalue weighted by molar-refractivity contribution is 7.90. The van der Waals surface area contributed by atoms with Crippen molar-refractivity contribution >= 4 is 15.9 Å². The van der Waals surface area contributed by atoms with E-state index < -0.39 is 27.6 Å². The highest BCUT2D eigenvalue weighted by Crippen LogP contribution is 2.23. The fourth-order valence-corrected chi connectivity index (χ4v) is 1.64. The molecule has 0 aliphatic heterocycles. The van der Waals surface area contributed by atoms with E-state index in [-0.39, 0.29) is 4.72 Å². The van der Waals surface area contributed by atoms with Gasteiger partial charge in [0.25, 0.3) is 0 Å². The Morgan fingerprint density at radius 1 is 1.04 bits per heavy atom. The Balaban J connectivity index is 0.000000463. The maximum atomic E-state index is 11.4. The van der Waals surface area contributed by atoms with Crippen molar-refractivity contribution < 1.29 is 44.1 Å². The molecule has 0 aliphatic rings. The molecule has 0 saturated carbocycles. The number of hydrogen-bond donors (Lipinski definition) is 1. The van der Waals surface area contributed by atoms with Crippen LogP contribution in [0.4, 0.5) is 26.3 Å². The number of nitrogens with zero attached hydrogens (tertiary/aromatic N) is 1. The molecule has 1 amide bonds. The summed E-state index contributed by atoms with van der Waals surface area (Å²) in [5.74, 6) is -3.20. The minimum Gasteiger partial charge on any atom is -0.263 e. The summed E-state index contributed by atoms with van der Waals surface area (Å²) in [5.41, 5.74) is -5.96. The van der Waals surface area contributed by atoms with Crippen molar-refractivity contribution in [1.29, 1.82) is 0 Å². The number of amides is 1. The van der Waals surface area contributed by atoms with Gasteiger partial charge in [-0.05, 0) is 0 Å². The number of halogens is 6. The van der Waals surface area contributed by atoms with E-state index in [4.69, 9.17) is 0 Å². The Morgan fingerprint density at radius 3 is 1.92 bits per heavy atom. The number of nitrogens with one attached hydrogen (secondary N) is 1. The molecule has 1 N–H and O–H groups in total. The second kappa shape index (κ2) is 8.85. The van der Waals surface area contributed by atoms with E-state index in [1.165, 1.54) is 12.8 Å². The molecule has 12 heteroatoms. The van der Waals surface area contributed by atoms with Gasteiger partial charge in [0.05, 0.1) is 0 Å². The average molecular weight is 381 g/mol. The average Bonchev–Trinajstić information content (AvgIpc) is 2.44. The van der Waals surface area contributed by atoms with Crippen LogP contribution in [-0.4, -0.2) is 26.0 Å². The van der Waals surface area contributed by atoms with Crippen molar-refractivity contribution in [2.45, 2.75) is 38.0 Å². The number of aromatic nitrogens is 1. The Hall–Kier alpha value is -1.85. The van der Waals surface area contributed by atoms with Gasteiger partial charge >= 0.3 is 27.6 Å². The first-order chi connectivity index (χ1) is 10.8. The SMILES string of the molecule is CCCC[n+]1ccccc1.O=C(NS(=O)(=O)C(F)(F)F)C(F)(F)F. The van der Waals surface area contributed by atoms with E-state index in [1.807, 2.05) is 6.07 Å². The number of rotatable bonds is 4. The number of sulfonamides is 1. The number of aryl methyl sites for hydroxylation is 1. The predicted octanol–water partition coefficient (Wildman–Crippen LogP) is 2.29. The molecular weight excluding hydrogens is 366 g/mol. The van der Waals surface area contributed by atoms with E-state index in [0.717, 1.165) is 6.54 Å². The fourth-order valence-electron chi connectivity index (χ4n) is 1.16. The number of hydrogen-bond acceptors (Lipinski definition) is 3. The maximum Gasteiger partial charge on any atom is 0.516 e. The van der Waals surface area contributed by atoms with Crippen LogP contribution in [0.15, 0.2) is 30.6 Å². The highest BCUT2D eigenvalue weighted by atomic mass is 32.2. The Labute approximate surface area is 134 Å². The molecule has 0 fully saturated rings. The summed E-state index contributed by atoms with van der Waals surface area (Å²) in [4.78, 5) is 9.81. The molecule has 1 heterocycles. The van der Waals surface area contributed by atoms with Crippen LogP contribution in [0.3, 0.4) is 0 Å². The van der Waals surface area contributed by atoms with Crippen molar-refractivity contribution in [2.75, 3.05) is 0 Å². The molecule has 0 aromatic carbocycles. The van der Waals surface area contributed by atoms with Crippen LogP contribution in [0, 0.1) is 0 Å². The van der Waals surface area contributed by atoms with Crippen LogP contribution >= 0.6 is 0 Å². The molecule has 0 atom stereocenters. The lowest BCUT2D eigenvalue weighted by Gasteiger charge is -2.10. The van der Waals surface area contributed by atoms with Crippen molar-refractivity contribution in [3.8, 4) is 0 Å². The summed E-state index contributed by atoms with van der Waals surface area (Å²) >= 11 is 0. The molecule has 1 aromatic heterocycles. The summed E-state index contributed by atoms with van der Waals surface area (Å²) in [6.07, 6.45) is 1.06. The monoisotopic (exact) mass is 381 g/mol. The Kier molecular flexibility index (Phi) is 8.17. The molecule has 0 spiro atoms. The lowest BCUT2D eigenvalue weighted by Crippen LogP contribution is -2.46. The standard InChI is InChI=1S/C9H14N.C3HF6NO3S/c1-2-3-7-10-8-5-4-6-9-10;4-2(5,6)1(11)10-14(12,13)3(7,8)9/h4-6,8-9H,2-3,7H2,1H3;(H,10,11)/q+1;. The van der Waals surface area contributed by atoms with Crippen LogP contribution in [-0.2, 0) is 21.4 Å². The second-order valence-corrected chi connectivity index (χ2v) is 6.02. The number of carbonyl (C=O) groups excluding carboxylic acids is 1. The van der Waals surface area contributed by atoms with Gasteiger partial charge in [0.15, 0.2) is 12.4 Å². The van der Waals surface area contributed by atoms with Gasteiger partial charge in [-0.3, -0.25) is 4.79 Å². The van der Waals surface area contributed by atoms with Gasteiger partial charge in [0.2, 0.25) is 0 Å². The van der Waals surface area contributed by atoms with Crippen LogP contribution in [0.1, 0.15) is 19.8 Å². The summed E-state index contributed by atoms with van der Waals surface area (Å²) in [6, 6.07) is 6.17. The van der Waals surface area contributed by atoms with Gasteiger partial charge in [0, 0.05) is 18.6 Å². The van der Waals surface area contributed by atoms with Crippen molar-refractivity contribution in [2.24, 2.45) is 0 Å². The molecule has 5 nitrogen and oxygen atoms in total. The lowest BCUT2D eigenvalue weighted by molar-refractivity contribution is -0.697. The molecular formula is C12H15F6N2O3S+. The minimum atomic E-state index is -6.30. The van der Waals surface area contributed by atoms with Crippen molar-refractivity contribution in [3.63, 3.8) is 0 Å². The van der Waals surface area contributed by atoms with E-state index in [1.54, 1.807) is 0 Å². The van der Waals surface area contributed by atoms with Crippen molar-refractivity contribution in [3.05, 3.63) is 30.6 Å². The smallest absolute Gasteiger partial charge is 0.263 e. The zero-order chi connectivity index (χ0) is 19.0. The first-order valence-electron chi connectivity index (χ1n) is 6.45. The summed E-state index contributed by atoms with van der Waals surface area (Å²) in [6.45, 7) is 3.36. The third kappa shape index (κ3) is 8.13. The topological polar surface area (TPSA) is 67.1 Å². The van der Waals surface area contributed by atoms with Crippen LogP contribution in [0.2, 0.25) is 0 Å². The van der Waals surface area contributed by atoms with Gasteiger partial charge in [0.1, 0.15) is 6.54 Å². The highest BCUT2D eigenvalue weighted by Gasteiger charge is 2.51. The van der Waals surface area contributed by atoms with Gasteiger partial charge < -0.3 is 0 Å². The normalized spacial score (nSPS) is 12.1. The summed E-state index contributed by atoms with van der Waals surface area (Å²) < 4.78 is 90.1. The molecule has 0 unspecified atom stereocenters. The van der Waals surface area contributed by atoms with E-state index >= 15 is 0 Å². The van der Waals surface area contributed by atoms with Crippen LogP contribution < -0.4 is 9.29 Å². The zero-order valence-corrected chi connectivity index (χ0v) is 13.2. The van der Waals surface area contributed by atoms with E-state index in [2.05, 4.69) is 36.0 Å². The second-order valence-electron chi connectivity index (χ2n) is 4.34. The minimum absolute atomic E-state index is 0.181. The van der Waals surface area contributed by atoms with Gasteiger partial charge in [-0.2, -0.15) is 34.8 Å². The largest absolute Gasteiger partial charge is 0.516 e. The lowest BCUT2D eigenvalue weighted by atomic mass is 10.3. The van der Waals surface area contributed by atoms with Crippen LogP contribution in [0.25, 0.3) is 0 Å². The fraction of sp³-hybridized carbons (Fsp3) is 0.500. The number of carbonyl (C=O) groups is 1. The zero-order valence-electron chi connectivity index (χ0n) is 12.4. The molecule has 0 saturated heterocycles. The van der Waals surface area contributed by atoms with Gasteiger partial charge in [-0.15, -0.1) is 0 Å². The van der Waals surface area contributed by atoms with Crippen molar-refractivity contribution in [1.82, 2.24) is 4.72 Å². The van der Waals surface area contributed by atoms with E-state index in [0.29, 0.717) is 0 Å². The first kappa shape index (κ1) is 22.1. The maximum absolute atomic E-state index is 11.4. The van der Waals surface area contributed by atoms with Gasteiger partial charge in [-0.1, -0.05) is 19.4 Å². The molecule has 24 heavy (non-hydrogen) atoms. The van der Waals surface area contributed by atoms with Gasteiger partial charge in [-0.25, -0.2) is 9.29 Å². The molecule has 1 rings (SSSR count). The number of alkyl halides is 6. The molecule has 1 aromatic rings. The summed E-state index contributed by atoms with van der Waals surface area (Å²) in [5, 5.41) is 0. The number of unbranched alkanes of at least 4 members (excludes halogenated alkanes) is 1. The third-order valence-electron chi connectivity index (χ3n) is 2.34. The number of pyridine rings is 1. The molecule has 0 bridgehead atoms. The van der Waals surface area contributed by atoms with E-state index in [9.17, 15) is 39.6 Å². The molecule has 138 valence electrons. The third-order valence-corrected chi connectivity index (χ3v) is 3.40. The van der Waals surface area contributed by atoms with Crippen LogP contribution in [0.5, 0.6) is 0 Å². The Morgan fingerprint density at radius 2 is 1.54 bits per heavy atom. The molecule has 0 radical (unpaired) electrons. The first-order valence-corrected chi connectivity index (χ1v) is 7.94. The Bertz CT molecular complexity index is 614. The quantitative estimate of drug-likeness (QED) is 0.643.